The van der Waals surface area contributed by atoms with Gasteiger partial charge in [-0.25, -0.2) is 0 Å². The smallest absolute Gasteiger partial charge is 0.121 e. The van der Waals surface area contributed by atoms with Crippen molar-refractivity contribution in [2.75, 3.05) is 5.32 Å². The fourth-order valence-corrected chi connectivity index (χ4v) is 2.99. The molecule has 2 aromatic carbocycles. The first-order chi connectivity index (χ1) is 10.7. The first-order valence-electron chi connectivity index (χ1n) is 8.05. The second-order valence-corrected chi connectivity index (χ2v) is 6.03. The minimum atomic E-state index is 0.119. The predicted molar refractivity (Wildman–Crippen MR) is 91.2 cm³/mol. The summed E-state index contributed by atoms with van der Waals surface area (Å²) >= 11 is 0. The maximum Gasteiger partial charge on any atom is 0.121 e. The minimum absolute atomic E-state index is 0.119. The van der Waals surface area contributed by atoms with E-state index >= 15 is 0 Å². The van der Waals surface area contributed by atoms with E-state index in [2.05, 4.69) is 55.6 Å². The highest BCUT2D eigenvalue weighted by atomic mass is 16.5. The zero-order valence-corrected chi connectivity index (χ0v) is 13.3. The number of hydrogen-bond donors (Lipinski definition) is 2. The molecule has 22 heavy (non-hydrogen) atoms. The fourth-order valence-electron chi connectivity index (χ4n) is 2.99. The molecule has 2 aromatic rings. The van der Waals surface area contributed by atoms with Gasteiger partial charge in [0.15, 0.2) is 0 Å². The van der Waals surface area contributed by atoms with Crippen LogP contribution >= 0.6 is 0 Å². The summed E-state index contributed by atoms with van der Waals surface area (Å²) in [6.45, 7) is 4.22. The lowest BCUT2D eigenvalue weighted by molar-refractivity contribution is 0.217. The van der Waals surface area contributed by atoms with E-state index in [-0.39, 0.29) is 18.2 Å². The normalized spacial score (nSPS) is 21.2. The van der Waals surface area contributed by atoms with Gasteiger partial charge < -0.3 is 15.8 Å². The molecule has 0 saturated heterocycles. The number of hydrogen-bond acceptors (Lipinski definition) is 3. The van der Waals surface area contributed by atoms with Crippen LogP contribution in [0.1, 0.15) is 49.9 Å². The van der Waals surface area contributed by atoms with Gasteiger partial charge in [0.05, 0.1) is 12.1 Å². The van der Waals surface area contributed by atoms with Gasteiger partial charge in [0.1, 0.15) is 5.75 Å². The van der Waals surface area contributed by atoms with Gasteiger partial charge in [-0.05, 0) is 43.0 Å². The molecule has 3 nitrogen and oxygen atoms in total. The van der Waals surface area contributed by atoms with Crippen LogP contribution in [-0.2, 0) is 0 Å². The van der Waals surface area contributed by atoms with Crippen molar-refractivity contribution in [2.24, 2.45) is 5.73 Å². The second-order valence-electron chi connectivity index (χ2n) is 6.03. The minimum Gasteiger partial charge on any atom is -0.491 e. The van der Waals surface area contributed by atoms with E-state index in [4.69, 9.17) is 10.5 Å². The van der Waals surface area contributed by atoms with Crippen LogP contribution in [0.25, 0.3) is 0 Å². The van der Waals surface area contributed by atoms with Crippen LogP contribution in [0.15, 0.2) is 48.5 Å². The SMILES string of the molecule is CCC(C)Oc1cccc(NC2CC(N)c3ccccc32)c1. The molecule has 0 spiro atoms. The van der Waals surface area contributed by atoms with Crippen LogP contribution in [0.2, 0.25) is 0 Å². The molecule has 3 atom stereocenters. The molecule has 1 aliphatic carbocycles. The average molecular weight is 296 g/mol. The Morgan fingerprint density at radius 1 is 1.18 bits per heavy atom. The molecule has 0 radical (unpaired) electrons. The Kier molecular flexibility index (Phi) is 4.34. The molecule has 0 heterocycles. The number of ether oxygens (including phenoxy) is 1. The molecule has 0 bridgehead atoms. The summed E-state index contributed by atoms with van der Waals surface area (Å²) in [5.74, 6) is 0.912. The van der Waals surface area contributed by atoms with Gasteiger partial charge >= 0.3 is 0 Å². The molecule has 116 valence electrons. The Morgan fingerprint density at radius 2 is 1.95 bits per heavy atom. The van der Waals surface area contributed by atoms with Gasteiger partial charge in [0, 0.05) is 17.8 Å². The summed E-state index contributed by atoms with van der Waals surface area (Å²) in [4.78, 5) is 0. The molecular weight excluding hydrogens is 272 g/mol. The third kappa shape index (κ3) is 3.09. The zero-order valence-electron chi connectivity index (χ0n) is 13.3. The van der Waals surface area contributed by atoms with Gasteiger partial charge in [-0.3, -0.25) is 0 Å². The predicted octanol–water partition coefficient (Wildman–Crippen LogP) is 4.42. The van der Waals surface area contributed by atoms with Gasteiger partial charge in [-0.2, -0.15) is 0 Å². The van der Waals surface area contributed by atoms with E-state index < -0.39 is 0 Å². The van der Waals surface area contributed by atoms with E-state index in [1.165, 1.54) is 11.1 Å². The van der Waals surface area contributed by atoms with Crippen LogP contribution in [-0.4, -0.2) is 6.10 Å². The lowest BCUT2D eigenvalue weighted by atomic mass is 10.1. The van der Waals surface area contributed by atoms with Crippen LogP contribution in [0.4, 0.5) is 5.69 Å². The van der Waals surface area contributed by atoms with Crippen molar-refractivity contribution in [1.82, 2.24) is 0 Å². The fraction of sp³-hybridized carbons (Fsp3) is 0.368. The Morgan fingerprint density at radius 3 is 2.73 bits per heavy atom. The van der Waals surface area contributed by atoms with E-state index in [9.17, 15) is 0 Å². The molecule has 1 aliphatic rings. The summed E-state index contributed by atoms with van der Waals surface area (Å²) in [5.41, 5.74) is 9.88. The zero-order chi connectivity index (χ0) is 15.5. The lowest BCUT2D eigenvalue weighted by Crippen LogP contribution is -2.11. The molecule has 0 aromatic heterocycles. The van der Waals surface area contributed by atoms with E-state index in [1.807, 2.05) is 12.1 Å². The molecule has 0 amide bonds. The number of benzene rings is 2. The molecule has 0 saturated carbocycles. The molecule has 3 heteroatoms. The maximum absolute atomic E-state index is 6.24. The van der Waals surface area contributed by atoms with Crippen LogP contribution < -0.4 is 15.8 Å². The molecule has 3 N–H and O–H groups in total. The Labute approximate surface area is 132 Å². The Bertz CT molecular complexity index is 641. The quantitative estimate of drug-likeness (QED) is 0.858. The van der Waals surface area contributed by atoms with Crippen molar-refractivity contribution in [2.45, 2.75) is 44.9 Å². The summed E-state index contributed by atoms with van der Waals surface area (Å²) < 4.78 is 5.89. The Hall–Kier alpha value is -2.00. The van der Waals surface area contributed by atoms with E-state index in [0.29, 0.717) is 0 Å². The van der Waals surface area contributed by atoms with Crippen LogP contribution in [0, 0.1) is 0 Å². The van der Waals surface area contributed by atoms with Gasteiger partial charge in [0.2, 0.25) is 0 Å². The highest BCUT2D eigenvalue weighted by Crippen LogP contribution is 2.39. The third-order valence-corrected chi connectivity index (χ3v) is 4.35. The van der Waals surface area contributed by atoms with Crippen LogP contribution in [0.3, 0.4) is 0 Å². The van der Waals surface area contributed by atoms with Crippen molar-refractivity contribution >= 4 is 5.69 Å². The summed E-state index contributed by atoms with van der Waals surface area (Å²) in [7, 11) is 0. The van der Waals surface area contributed by atoms with Gasteiger partial charge in [-0.1, -0.05) is 37.3 Å². The topological polar surface area (TPSA) is 47.3 Å². The van der Waals surface area contributed by atoms with Crippen molar-refractivity contribution in [3.63, 3.8) is 0 Å². The number of fused-ring (bicyclic) bond motifs is 1. The van der Waals surface area contributed by atoms with Gasteiger partial charge in [0.25, 0.3) is 0 Å². The first kappa shape index (κ1) is 14.9. The van der Waals surface area contributed by atoms with E-state index in [1.54, 1.807) is 0 Å². The van der Waals surface area contributed by atoms with Crippen molar-refractivity contribution in [3.05, 3.63) is 59.7 Å². The van der Waals surface area contributed by atoms with Gasteiger partial charge in [-0.15, -0.1) is 0 Å². The largest absolute Gasteiger partial charge is 0.491 e. The van der Waals surface area contributed by atoms with Crippen molar-refractivity contribution < 1.29 is 4.74 Å². The maximum atomic E-state index is 6.24. The number of anilines is 1. The number of rotatable bonds is 5. The summed E-state index contributed by atoms with van der Waals surface area (Å²) in [5, 5.41) is 3.60. The number of nitrogens with one attached hydrogen (secondary N) is 1. The van der Waals surface area contributed by atoms with Crippen molar-refractivity contribution in [1.29, 1.82) is 0 Å². The molecule has 3 rings (SSSR count). The van der Waals surface area contributed by atoms with E-state index in [0.717, 1.165) is 24.3 Å². The van der Waals surface area contributed by atoms with Crippen LogP contribution in [0.5, 0.6) is 5.75 Å². The highest BCUT2D eigenvalue weighted by Gasteiger charge is 2.27. The second kappa shape index (κ2) is 6.41. The first-order valence-corrected chi connectivity index (χ1v) is 8.05. The summed E-state index contributed by atoms with van der Waals surface area (Å²) in [6.07, 6.45) is 2.16. The standard InChI is InChI=1S/C19H24N2O/c1-3-13(2)22-15-8-6-7-14(11-15)21-19-12-18(20)16-9-4-5-10-17(16)19/h4-11,13,18-19,21H,3,12,20H2,1-2H3. The van der Waals surface area contributed by atoms with Crippen molar-refractivity contribution in [3.8, 4) is 5.75 Å². The average Bonchev–Trinajstić information content (AvgIpc) is 2.84. The molecule has 3 unspecified atom stereocenters. The Balaban J connectivity index is 1.76. The molecular formula is C19H24N2O. The monoisotopic (exact) mass is 296 g/mol. The number of nitrogens with two attached hydrogens (primary N) is 1. The third-order valence-electron chi connectivity index (χ3n) is 4.35. The molecule has 0 aliphatic heterocycles. The molecule has 0 fully saturated rings. The lowest BCUT2D eigenvalue weighted by Gasteiger charge is -2.18. The highest BCUT2D eigenvalue weighted by molar-refractivity contribution is 5.52. The summed E-state index contributed by atoms with van der Waals surface area (Å²) in [6, 6.07) is 17.0.